The van der Waals surface area contributed by atoms with Crippen LogP contribution in [0.1, 0.15) is 0 Å². The molecule has 4 heterocycles. The van der Waals surface area contributed by atoms with Crippen LogP contribution < -0.4 is 14.7 Å². The Balaban J connectivity index is 0.912. The minimum Gasteiger partial charge on any atom is -0.310 e. The highest BCUT2D eigenvalue weighted by atomic mass is 15.3. The van der Waals surface area contributed by atoms with Crippen LogP contribution in [-0.2, 0) is 0 Å². The van der Waals surface area contributed by atoms with Crippen molar-refractivity contribution in [2.45, 2.75) is 0 Å². The second-order valence-electron chi connectivity index (χ2n) is 22.2. The van der Waals surface area contributed by atoms with Crippen molar-refractivity contribution < 1.29 is 0 Å². The quantitative estimate of drug-likeness (QED) is 0.122. The Kier molecular flexibility index (Phi) is 12.0. The van der Waals surface area contributed by atoms with Crippen molar-refractivity contribution in [3.05, 3.63) is 328 Å². The maximum Gasteiger partial charge on any atom is 0.237 e. The molecule has 414 valence electrons. The van der Waals surface area contributed by atoms with Gasteiger partial charge < -0.3 is 18.9 Å². The fourth-order valence-corrected chi connectivity index (χ4v) is 13.3. The number of aromatic nitrogens is 5. The summed E-state index contributed by atoms with van der Waals surface area (Å²) in [7, 11) is 0. The van der Waals surface area contributed by atoms with Crippen LogP contribution in [0.3, 0.4) is 0 Å². The molecule has 0 aliphatic rings. The average Bonchev–Trinajstić information content (AvgIpc) is 1.78. The van der Waals surface area contributed by atoms with E-state index in [1.807, 2.05) is 0 Å². The van der Waals surface area contributed by atoms with Crippen molar-refractivity contribution in [3.8, 4) is 17.3 Å². The number of hydrogen-bond acceptors (Lipinski definition) is 5. The number of anilines is 9. The molecule has 0 aliphatic carbocycles. The van der Waals surface area contributed by atoms with Crippen LogP contribution in [0.15, 0.2) is 328 Å². The molecule has 0 saturated heterocycles. The second-order valence-corrected chi connectivity index (χ2v) is 22.2. The smallest absolute Gasteiger partial charge is 0.237 e. The summed E-state index contributed by atoms with van der Waals surface area (Å²) in [6, 6.07) is 117. The van der Waals surface area contributed by atoms with E-state index < -0.39 is 0 Å². The van der Waals surface area contributed by atoms with Crippen LogP contribution in [-0.4, -0.2) is 23.7 Å². The third-order valence-corrected chi connectivity index (χ3v) is 17.1. The summed E-state index contributed by atoms with van der Waals surface area (Å²) in [6.45, 7) is 0. The number of hydrogen-bond donors (Lipinski definition) is 0. The van der Waals surface area contributed by atoms with Gasteiger partial charge in [-0.1, -0.05) is 164 Å². The first-order valence-electron chi connectivity index (χ1n) is 29.8. The maximum absolute atomic E-state index is 5.93. The molecule has 13 aromatic carbocycles. The van der Waals surface area contributed by atoms with Gasteiger partial charge >= 0.3 is 0 Å². The molecule has 0 aliphatic heterocycles. The summed E-state index contributed by atoms with van der Waals surface area (Å²) < 4.78 is 7.02. The van der Waals surface area contributed by atoms with Crippen molar-refractivity contribution in [1.82, 2.24) is 23.7 Å². The van der Waals surface area contributed by atoms with Gasteiger partial charge in [-0.25, -0.2) is 4.98 Å². The highest BCUT2D eigenvalue weighted by Crippen LogP contribution is 2.46. The lowest BCUT2D eigenvalue weighted by molar-refractivity contribution is 0.999. The van der Waals surface area contributed by atoms with Crippen LogP contribution in [0.2, 0.25) is 0 Å². The molecule has 4 aromatic heterocycles. The van der Waals surface area contributed by atoms with Crippen molar-refractivity contribution >= 4 is 128 Å². The van der Waals surface area contributed by atoms with Crippen molar-refractivity contribution in [1.29, 1.82) is 0 Å². The summed E-state index contributed by atoms with van der Waals surface area (Å²) in [5, 5.41) is 7.70. The second kappa shape index (κ2) is 21.0. The van der Waals surface area contributed by atoms with Gasteiger partial charge in [0.1, 0.15) is 0 Å². The summed E-state index contributed by atoms with van der Waals surface area (Å²) in [6.07, 6.45) is 0. The Hall–Kier alpha value is -12.0. The summed E-state index contributed by atoms with van der Waals surface area (Å²) >= 11 is 0. The van der Waals surface area contributed by atoms with Gasteiger partial charge in [0.05, 0.1) is 38.6 Å². The van der Waals surface area contributed by atoms with E-state index in [0.717, 1.165) is 134 Å². The molecule has 0 N–H and O–H groups in total. The molecule has 0 atom stereocenters. The van der Waals surface area contributed by atoms with Gasteiger partial charge in [0.2, 0.25) is 5.95 Å². The number of fused-ring (bicyclic) bond motifs is 10. The van der Waals surface area contributed by atoms with Gasteiger partial charge in [-0.15, -0.1) is 0 Å². The minimum atomic E-state index is 0.561. The van der Waals surface area contributed by atoms with Gasteiger partial charge in [-0.3, -0.25) is 9.47 Å². The molecule has 88 heavy (non-hydrogen) atoms. The lowest BCUT2D eigenvalue weighted by Gasteiger charge is -2.27. The average molecular weight is 1130 g/mol. The Labute approximate surface area is 508 Å². The molecule has 0 unspecified atom stereocenters. The van der Waals surface area contributed by atoms with Gasteiger partial charge in [0, 0.05) is 94.6 Å². The van der Waals surface area contributed by atoms with Crippen LogP contribution in [0.5, 0.6) is 0 Å². The molecule has 0 amide bonds. The van der Waals surface area contributed by atoms with E-state index in [0.29, 0.717) is 5.95 Å². The summed E-state index contributed by atoms with van der Waals surface area (Å²) in [5.74, 6) is 1.30. The fourth-order valence-electron chi connectivity index (χ4n) is 13.3. The highest BCUT2D eigenvalue weighted by Gasteiger charge is 2.26. The largest absolute Gasteiger partial charge is 0.310 e. The molecule has 0 radical (unpaired) electrons. The van der Waals surface area contributed by atoms with Gasteiger partial charge in [-0.2, -0.15) is 4.98 Å². The molecule has 8 heteroatoms. The van der Waals surface area contributed by atoms with E-state index in [2.05, 4.69) is 356 Å². The Morgan fingerprint density at radius 1 is 0.205 bits per heavy atom. The van der Waals surface area contributed by atoms with Crippen LogP contribution in [0, 0.1) is 0 Å². The van der Waals surface area contributed by atoms with Crippen LogP contribution in [0.4, 0.5) is 51.3 Å². The van der Waals surface area contributed by atoms with E-state index in [9.17, 15) is 0 Å². The zero-order valence-corrected chi connectivity index (χ0v) is 47.8. The van der Waals surface area contributed by atoms with E-state index in [1.165, 1.54) is 5.39 Å². The molecule has 0 spiro atoms. The standard InChI is InChI=1S/C80H54N8/c1-7-25-55(26-8-1)83(56-27-9-2-10-28-56)61-44-48-77-68(51-61)66-38-20-23-41-74(66)87(77)64-43-47-72-71(54-64)79(85(59-33-15-5-16-34-59)63-46-49-76-69(53-63)65-37-19-22-40-73(65)86(76)60-35-17-6-18-36-60)82-80(81-72)88-75-42-24-21-39-67(75)70-52-62(45-50-78(70)88)84(57-29-11-3-12-30-57)58-31-13-4-14-32-58/h1-54H. The number of benzene rings is 13. The van der Waals surface area contributed by atoms with E-state index in [4.69, 9.17) is 9.97 Å². The first kappa shape index (κ1) is 50.5. The fraction of sp³-hybridized carbons (Fsp3) is 0. The topological polar surface area (TPSA) is 50.3 Å². The number of nitrogens with zero attached hydrogens (tertiary/aromatic N) is 8. The van der Waals surface area contributed by atoms with E-state index in [-0.39, 0.29) is 0 Å². The van der Waals surface area contributed by atoms with Crippen LogP contribution in [0.25, 0.3) is 93.6 Å². The Morgan fingerprint density at radius 2 is 0.534 bits per heavy atom. The molecule has 0 saturated carbocycles. The third-order valence-electron chi connectivity index (χ3n) is 17.1. The first-order valence-corrected chi connectivity index (χ1v) is 29.8. The van der Waals surface area contributed by atoms with Crippen molar-refractivity contribution in [3.63, 3.8) is 0 Å². The number of rotatable bonds is 12. The SMILES string of the molecule is c1ccc(N(c2ccccc2)c2ccc3c(c2)c2ccccc2n3-c2ccc3nc(-n4c5ccccc5c5cc(N(c6ccccc6)c6ccccc6)ccc54)nc(N(c4ccccc4)c4ccc5c(c4)c4ccccc4n5-c4ccccc4)c3c2)cc1. The molecule has 0 fully saturated rings. The highest BCUT2D eigenvalue weighted by molar-refractivity contribution is 6.14. The van der Waals surface area contributed by atoms with Crippen LogP contribution >= 0.6 is 0 Å². The monoisotopic (exact) mass is 1130 g/mol. The minimum absolute atomic E-state index is 0.561. The summed E-state index contributed by atoms with van der Waals surface area (Å²) in [5.41, 5.74) is 17.7. The van der Waals surface area contributed by atoms with Crippen molar-refractivity contribution in [2.24, 2.45) is 0 Å². The van der Waals surface area contributed by atoms with E-state index in [1.54, 1.807) is 0 Å². The predicted molar refractivity (Wildman–Crippen MR) is 367 cm³/mol. The normalized spacial score (nSPS) is 11.6. The van der Waals surface area contributed by atoms with Crippen molar-refractivity contribution in [2.75, 3.05) is 14.7 Å². The Morgan fingerprint density at radius 3 is 0.966 bits per heavy atom. The molecular weight excluding hydrogens is 1070 g/mol. The lowest BCUT2D eigenvalue weighted by Crippen LogP contribution is -2.15. The van der Waals surface area contributed by atoms with Gasteiger partial charge in [-0.05, 0) is 164 Å². The Bertz CT molecular complexity index is 5370. The zero-order chi connectivity index (χ0) is 58.1. The molecule has 8 nitrogen and oxygen atoms in total. The summed E-state index contributed by atoms with van der Waals surface area (Å²) in [4.78, 5) is 18.6. The maximum atomic E-state index is 5.93. The van der Waals surface area contributed by atoms with Gasteiger partial charge in [0.25, 0.3) is 0 Å². The third kappa shape index (κ3) is 8.37. The van der Waals surface area contributed by atoms with Gasteiger partial charge in [0.15, 0.2) is 5.82 Å². The zero-order valence-electron chi connectivity index (χ0n) is 47.8. The predicted octanol–water partition coefficient (Wildman–Crippen LogP) is 21.3. The first-order chi connectivity index (χ1) is 43.7. The number of para-hydroxylation sites is 9. The molecule has 17 aromatic rings. The molecular formula is C80H54N8. The molecule has 17 rings (SSSR count). The lowest BCUT2D eigenvalue weighted by atomic mass is 10.1. The van der Waals surface area contributed by atoms with E-state index >= 15 is 0 Å². The molecule has 0 bridgehead atoms.